The molecule has 0 saturated heterocycles. The van der Waals surface area contributed by atoms with Gasteiger partial charge in [-0.2, -0.15) is 0 Å². The number of hydrogen-bond donors (Lipinski definition) is 5. The first-order chi connectivity index (χ1) is 8.62. The van der Waals surface area contributed by atoms with Gasteiger partial charge in [-0.15, -0.1) is 0 Å². The highest BCUT2D eigenvalue weighted by Gasteiger charge is 2.25. The topological polar surface area (TPSA) is 101 Å². The maximum Gasteiger partial charge on any atom is 0.121 e. The number of aliphatic hydroxyl groups excluding tert-OH is 2. The van der Waals surface area contributed by atoms with Crippen molar-refractivity contribution in [2.45, 2.75) is 51.4 Å². The summed E-state index contributed by atoms with van der Waals surface area (Å²) < 4.78 is 0. The van der Waals surface area contributed by atoms with Gasteiger partial charge in [0.1, 0.15) is 11.5 Å². The van der Waals surface area contributed by atoms with Crippen LogP contribution in [0.2, 0.25) is 0 Å². The maximum absolute atomic E-state index is 9.97. The van der Waals surface area contributed by atoms with Crippen molar-refractivity contribution in [1.29, 1.82) is 0 Å². The molecular formula is C14H22O5. The van der Waals surface area contributed by atoms with Crippen LogP contribution in [0.25, 0.3) is 0 Å². The number of hydrogen-bond acceptors (Lipinski definition) is 5. The largest absolute Gasteiger partial charge is 0.508 e. The van der Waals surface area contributed by atoms with Gasteiger partial charge in [0.25, 0.3) is 0 Å². The van der Waals surface area contributed by atoms with Crippen LogP contribution in [-0.4, -0.2) is 37.2 Å². The fourth-order valence-corrected chi connectivity index (χ4v) is 1.79. The minimum Gasteiger partial charge on any atom is -0.508 e. The van der Waals surface area contributed by atoms with Crippen LogP contribution in [0.1, 0.15) is 43.9 Å². The first kappa shape index (κ1) is 15.8. The van der Waals surface area contributed by atoms with Crippen LogP contribution in [-0.2, 0) is 0 Å². The molecule has 5 N–H and O–H groups in total. The summed E-state index contributed by atoms with van der Waals surface area (Å²) in [5, 5.41) is 48.5. The number of benzene rings is 1. The average molecular weight is 270 g/mol. The van der Waals surface area contributed by atoms with Crippen molar-refractivity contribution in [3.05, 3.63) is 23.3 Å². The second-order valence-electron chi connectivity index (χ2n) is 5.46. The molecule has 1 rings (SSSR count). The van der Waals surface area contributed by atoms with E-state index in [-0.39, 0.29) is 29.9 Å². The van der Waals surface area contributed by atoms with Crippen molar-refractivity contribution in [2.75, 3.05) is 0 Å². The Kier molecular flexibility index (Phi) is 4.79. The molecule has 0 unspecified atom stereocenters. The zero-order chi connectivity index (χ0) is 14.8. The molecule has 1 aromatic carbocycles. The van der Waals surface area contributed by atoms with Gasteiger partial charge in [-0.3, -0.25) is 0 Å². The molecule has 5 heteroatoms. The van der Waals surface area contributed by atoms with E-state index < -0.39 is 17.8 Å². The van der Waals surface area contributed by atoms with E-state index in [0.29, 0.717) is 5.56 Å². The van der Waals surface area contributed by atoms with Crippen molar-refractivity contribution in [3.8, 4) is 11.5 Å². The molecule has 0 spiro atoms. The molecule has 0 amide bonds. The summed E-state index contributed by atoms with van der Waals surface area (Å²) >= 11 is 0. The molecular weight excluding hydrogens is 248 g/mol. The quantitative estimate of drug-likeness (QED) is 0.520. The maximum atomic E-state index is 9.97. The number of aromatic hydroxyl groups is 2. The average Bonchev–Trinajstić information content (AvgIpc) is 2.29. The number of phenols is 2. The van der Waals surface area contributed by atoms with Crippen molar-refractivity contribution in [3.63, 3.8) is 0 Å². The standard InChI is InChI=1S/C14H22O5/c1-8-6-12(17)9(7-11(8)16)10(15)4-5-13(18)14(2,3)19/h6-7,10,13,15-19H,4-5H2,1-3H3/t10-,13+/m1/s1. The molecule has 5 nitrogen and oxygen atoms in total. The SMILES string of the molecule is Cc1cc(O)c([C@H](O)CC[C@H](O)C(C)(C)O)cc1O. The van der Waals surface area contributed by atoms with E-state index in [1.165, 1.54) is 26.0 Å². The van der Waals surface area contributed by atoms with Gasteiger partial charge in [-0.1, -0.05) is 0 Å². The van der Waals surface area contributed by atoms with Crippen LogP contribution in [0, 0.1) is 6.92 Å². The Morgan fingerprint density at radius 2 is 1.63 bits per heavy atom. The highest BCUT2D eigenvalue weighted by molar-refractivity contribution is 5.45. The lowest BCUT2D eigenvalue weighted by Crippen LogP contribution is -2.35. The van der Waals surface area contributed by atoms with Crippen LogP contribution in [0.4, 0.5) is 0 Å². The molecule has 0 saturated carbocycles. The van der Waals surface area contributed by atoms with E-state index in [0.717, 1.165) is 0 Å². The third kappa shape index (κ3) is 4.09. The van der Waals surface area contributed by atoms with Gasteiger partial charge in [0.15, 0.2) is 0 Å². The summed E-state index contributed by atoms with van der Waals surface area (Å²) in [7, 11) is 0. The number of phenolic OH excluding ortho intramolecular Hbond substituents is 2. The van der Waals surface area contributed by atoms with Gasteiger partial charge in [0, 0.05) is 5.56 Å². The van der Waals surface area contributed by atoms with E-state index in [1.54, 1.807) is 6.92 Å². The molecule has 0 bridgehead atoms. The number of rotatable bonds is 5. The smallest absolute Gasteiger partial charge is 0.121 e. The Morgan fingerprint density at radius 3 is 2.16 bits per heavy atom. The van der Waals surface area contributed by atoms with Crippen LogP contribution in [0.15, 0.2) is 12.1 Å². The summed E-state index contributed by atoms with van der Waals surface area (Å²) in [6.45, 7) is 4.61. The Hall–Kier alpha value is -1.30. The van der Waals surface area contributed by atoms with Gasteiger partial charge in [-0.25, -0.2) is 0 Å². The number of aryl methyl sites for hydroxylation is 1. The summed E-state index contributed by atoms with van der Waals surface area (Å²) in [4.78, 5) is 0. The first-order valence-electron chi connectivity index (χ1n) is 6.24. The predicted molar refractivity (Wildman–Crippen MR) is 71.0 cm³/mol. The summed E-state index contributed by atoms with van der Waals surface area (Å²) in [5.41, 5.74) is -0.506. The molecule has 108 valence electrons. The highest BCUT2D eigenvalue weighted by Crippen LogP contribution is 2.33. The van der Waals surface area contributed by atoms with Gasteiger partial charge in [-0.05, 0) is 51.3 Å². The van der Waals surface area contributed by atoms with Crippen molar-refractivity contribution in [2.24, 2.45) is 0 Å². The van der Waals surface area contributed by atoms with Gasteiger partial charge < -0.3 is 25.5 Å². The molecule has 0 fully saturated rings. The van der Waals surface area contributed by atoms with Gasteiger partial charge >= 0.3 is 0 Å². The second-order valence-corrected chi connectivity index (χ2v) is 5.46. The van der Waals surface area contributed by atoms with Crippen molar-refractivity contribution in [1.82, 2.24) is 0 Å². The van der Waals surface area contributed by atoms with Gasteiger partial charge in [0.2, 0.25) is 0 Å². The van der Waals surface area contributed by atoms with E-state index >= 15 is 0 Å². The minimum atomic E-state index is -1.24. The molecule has 1 aromatic rings. The lowest BCUT2D eigenvalue weighted by Gasteiger charge is -2.25. The predicted octanol–water partition coefficient (Wildman–Crippen LogP) is 1.35. The van der Waals surface area contributed by atoms with Crippen molar-refractivity contribution >= 4 is 0 Å². The van der Waals surface area contributed by atoms with E-state index in [4.69, 9.17) is 0 Å². The molecule has 0 aliphatic heterocycles. The molecule has 0 aromatic heterocycles. The number of aliphatic hydroxyl groups is 3. The van der Waals surface area contributed by atoms with Crippen LogP contribution < -0.4 is 0 Å². The van der Waals surface area contributed by atoms with Crippen LogP contribution in [0.5, 0.6) is 11.5 Å². The monoisotopic (exact) mass is 270 g/mol. The molecule has 0 aliphatic rings. The molecule has 2 atom stereocenters. The lowest BCUT2D eigenvalue weighted by molar-refractivity contribution is -0.0562. The van der Waals surface area contributed by atoms with E-state index in [1.807, 2.05) is 0 Å². The Labute approximate surface area is 112 Å². The Morgan fingerprint density at radius 1 is 1.05 bits per heavy atom. The minimum absolute atomic E-state index is 0.00473. The highest BCUT2D eigenvalue weighted by atomic mass is 16.3. The zero-order valence-electron chi connectivity index (χ0n) is 11.5. The zero-order valence-corrected chi connectivity index (χ0v) is 11.5. The van der Waals surface area contributed by atoms with Gasteiger partial charge in [0.05, 0.1) is 17.8 Å². The lowest BCUT2D eigenvalue weighted by atomic mass is 9.94. The Balaban J connectivity index is 2.74. The first-order valence-corrected chi connectivity index (χ1v) is 6.24. The van der Waals surface area contributed by atoms with Crippen molar-refractivity contribution < 1.29 is 25.5 Å². The third-order valence-corrected chi connectivity index (χ3v) is 3.23. The van der Waals surface area contributed by atoms with E-state index in [9.17, 15) is 25.5 Å². The second kappa shape index (κ2) is 5.77. The molecule has 19 heavy (non-hydrogen) atoms. The third-order valence-electron chi connectivity index (χ3n) is 3.23. The Bertz CT molecular complexity index is 436. The fraction of sp³-hybridized carbons (Fsp3) is 0.571. The summed E-state index contributed by atoms with van der Waals surface area (Å²) in [6.07, 6.45) is -1.63. The summed E-state index contributed by atoms with van der Waals surface area (Å²) in [6, 6.07) is 2.69. The fourth-order valence-electron chi connectivity index (χ4n) is 1.79. The molecule has 0 heterocycles. The summed E-state index contributed by atoms with van der Waals surface area (Å²) in [5.74, 6) is -0.101. The van der Waals surface area contributed by atoms with Crippen LogP contribution in [0.3, 0.4) is 0 Å². The molecule has 0 radical (unpaired) electrons. The van der Waals surface area contributed by atoms with E-state index in [2.05, 4.69) is 0 Å². The van der Waals surface area contributed by atoms with Crippen LogP contribution >= 0.6 is 0 Å². The normalized spacial score (nSPS) is 15.3. The molecule has 0 aliphatic carbocycles.